The topological polar surface area (TPSA) is 24.5 Å². The smallest absolute Gasteiger partial charge is 0.119 e. The molecule has 3 aliphatic heterocycles. The number of nitrogens with one attached hydrogen (secondary N) is 1. The molecule has 3 aliphatic rings. The number of piperidine rings is 3. The van der Waals surface area contributed by atoms with E-state index >= 15 is 0 Å². The second-order valence-corrected chi connectivity index (χ2v) is 7.89. The van der Waals surface area contributed by atoms with Crippen molar-refractivity contribution in [1.29, 1.82) is 0 Å². The highest BCUT2D eigenvalue weighted by Gasteiger charge is 2.35. The van der Waals surface area contributed by atoms with Gasteiger partial charge >= 0.3 is 0 Å². The molecule has 0 spiro atoms. The molecule has 28 heavy (non-hydrogen) atoms. The standard InChI is InChI=1S/C25H26N2O/c1-2-4-22(5-3-1)26-23-10-6-19(7-11-23)20-8-12-24(13-9-20)28-25-18-27-16-14-21(25)15-17-27/h1-13,21,25-26H,14-18H2. The molecule has 6 rings (SSSR count). The van der Waals surface area contributed by atoms with Crippen LogP contribution in [-0.4, -0.2) is 30.6 Å². The summed E-state index contributed by atoms with van der Waals surface area (Å²) in [7, 11) is 0. The lowest BCUT2D eigenvalue weighted by Gasteiger charge is -2.44. The van der Waals surface area contributed by atoms with Crippen molar-refractivity contribution in [2.24, 2.45) is 5.92 Å². The summed E-state index contributed by atoms with van der Waals surface area (Å²) in [6, 6.07) is 27.4. The molecule has 0 amide bonds. The predicted molar refractivity (Wildman–Crippen MR) is 115 cm³/mol. The van der Waals surface area contributed by atoms with Crippen molar-refractivity contribution in [3.05, 3.63) is 78.9 Å². The Morgan fingerprint density at radius 2 is 1.32 bits per heavy atom. The van der Waals surface area contributed by atoms with E-state index in [1.807, 2.05) is 18.2 Å². The Hall–Kier alpha value is -2.78. The molecule has 2 bridgehead atoms. The highest BCUT2D eigenvalue weighted by molar-refractivity contribution is 5.68. The third-order valence-corrected chi connectivity index (χ3v) is 6.02. The lowest BCUT2D eigenvalue weighted by Crippen LogP contribution is -2.52. The maximum absolute atomic E-state index is 6.31. The van der Waals surface area contributed by atoms with E-state index in [2.05, 4.69) is 70.9 Å². The zero-order valence-corrected chi connectivity index (χ0v) is 16.1. The summed E-state index contributed by atoms with van der Waals surface area (Å²) in [5.41, 5.74) is 4.63. The molecule has 3 nitrogen and oxygen atoms in total. The van der Waals surface area contributed by atoms with Gasteiger partial charge in [0.1, 0.15) is 11.9 Å². The van der Waals surface area contributed by atoms with Crippen molar-refractivity contribution < 1.29 is 4.74 Å². The van der Waals surface area contributed by atoms with Gasteiger partial charge in [-0.05, 0) is 79.4 Å². The molecule has 1 unspecified atom stereocenters. The summed E-state index contributed by atoms with van der Waals surface area (Å²) < 4.78 is 6.31. The van der Waals surface area contributed by atoms with Gasteiger partial charge in [-0.1, -0.05) is 42.5 Å². The van der Waals surface area contributed by atoms with Gasteiger partial charge in [-0.2, -0.15) is 0 Å². The first-order valence-electron chi connectivity index (χ1n) is 10.3. The molecule has 1 atom stereocenters. The largest absolute Gasteiger partial charge is 0.489 e. The third-order valence-electron chi connectivity index (χ3n) is 6.02. The molecular weight excluding hydrogens is 344 g/mol. The molecule has 1 N–H and O–H groups in total. The molecule has 3 heterocycles. The van der Waals surface area contributed by atoms with Crippen molar-refractivity contribution in [3.63, 3.8) is 0 Å². The zero-order valence-electron chi connectivity index (χ0n) is 16.1. The van der Waals surface area contributed by atoms with Gasteiger partial charge in [-0.15, -0.1) is 0 Å². The van der Waals surface area contributed by atoms with Crippen LogP contribution in [0.15, 0.2) is 78.9 Å². The highest BCUT2D eigenvalue weighted by atomic mass is 16.5. The number of hydrogen-bond acceptors (Lipinski definition) is 3. The Kier molecular flexibility index (Phi) is 4.76. The van der Waals surface area contributed by atoms with Gasteiger partial charge in [0.25, 0.3) is 0 Å². The normalized spacial score (nSPS) is 23.4. The summed E-state index contributed by atoms with van der Waals surface area (Å²) >= 11 is 0. The van der Waals surface area contributed by atoms with Crippen LogP contribution in [0, 0.1) is 5.92 Å². The number of rotatable bonds is 5. The van der Waals surface area contributed by atoms with E-state index in [1.54, 1.807) is 0 Å². The maximum atomic E-state index is 6.31. The molecule has 3 aromatic rings. The fourth-order valence-corrected chi connectivity index (χ4v) is 4.38. The first-order chi connectivity index (χ1) is 13.8. The molecule has 3 heteroatoms. The van der Waals surface area contributed by atoms with Crippen molar-refractivity contribution >= 4 is 11.4 Å². The maximum Gasteiger partial charge on any atom is 0.119 e. The number of anilines is 2. The minimum Gasteiger partial charge on any atom is -0.489 e. The van der Waals surface area contributed by atoms with Crippen LogP contribution >= 0.6 is 0 Å². The van der Waals surface area contributed by atoms with E-state index < -0.39 is 0 Å². The zero-order chi connectivity index (χ0) is 18.8. The lowest BCUT2D eigenvalue weighted by molar-refractivity contribution is -0.00775. The minimum absolute atomic E-state index is 0.358. The van der Waals surface area contributed by atoms with E-state index in [0.717, 1.165) is 29.6 Å². The van der Waals surface area contributed by atoms with E-state index in [1.165, 1.54) is 37.1 Å². The van der Waals surface area contributed by atoms with E-state index in [4.69, 9.17) is 4.74 Å². The summed E-state index contributed by atoms with van der Waals surface area (Å²) in [6.45, 7) is 3.58. The van der Waals surface area contributed by atoms with Crippen LogP contribution in [0.4, 0.5) is 11.4 Å². The molecule has 3 fully saturated rings. The lowest BCUT2D eigenvalue weighted by atomic mass is 9.86. The third kappa shape index (κ3) is 3.76. The molecule has 3 aromatic carbocycles. The molecule has 0 saturated carbocycles. The van der Waals surface area contributed by atoms with Gasteiger partial charge in [-0.3, -0.25) is 4.90 Å². The minimum atomic E-state index is 0.358. The van der Waals surface area contributed by atoms with Crippen LogP contribution in [0.25, 0.3) is 11.1 Å². The van der Waals surface area contributed by atoms with Crippen molar-refractivity contribution in [3.8, 4) is 16.9 Å². The number of fused-ring (bicyclic) bond motifs is 3. The Morgan fingerprint density at radius 3 is 1.93 bits per heavy atom. The SMILES string of the molecule is c1ccc(Nc2ccc(-c3ccc(OC4CN5CCC4CC5)cc3)cc2)cc1. The van der Waals surface area contributed by atoms with Crippen LogP contribution in [0.2, 0.25) is 0 Å². The van der Waals surface area contributed by atoms with Crippen molar-refractivity contribution in [2.75, 3.05) is 25.0 Å². The second kappa shape index (κ2) is 7.69. The Labute approximate surface area is 167 Å². The number of ether oxygens (including phenoxy) is 1. The molecular formula is C25H26N2O. The van der Waals surface area contributed by atoms with Gasteiger partial charge in [0, 0.05) is 17.9 Å². The van der Waals surface area contributed by atoms with Crippen molar-refractivity contribution in [1.82, 2.24) is 4.90 Å². The number of hydrogen-bond donors (Lipinski definition) is 1. The fraction of sp³-hybridized carbons (Fsp3) is 0.280. The quantitative estimate of drug-likeness (QED) is 0.635. The second-order valence-electron chi connectivity index (χ2n) is 7.89. The van der Waals surface area contributed by atoms with E-state index in [9.17, 15) is 0 Å². The van der Waals surface area contributed by atoms with Crippen molar-refractivity contribution in [2.45, 2.75) is 18.9 Å². The fourth-order valence-electron chi connectivity index (χ4n) is 4.38. The average Bonchev–Trinajstić information content (AvgIpc) is 2.77. The highest BCUT2D eigenvalue weighted by Crippen LogP contribution is 2.31. The molecule has 142 valence electrons. The molecule has 0 aromatic heterocycles. The van der Waals surface area contributed by atoms with Gasteiger partial charge < -0.3 is 10.1 Å². The Balaban J connectivity index is 1.24. The number of nitrogens with zero attached hydrogens (tertiary/aromatic N) is 1. The monoisotopic (exact) mass is 370 g/mol. The average molecular weight is 370 g/mol. The Morgan fingerprint density at radius 1 is 0.714 bits per heavy atom. The van der Waals surface area contributed by atoms with Gasteiger partial charge in [0.05, 0.1) is 0 Å². The molecule has 3 saturated heterocycles. The molecule has 0 radical (unpaired) electrons. The number of benzene rings is 3. The van der Waals surface area contributed by atoms with E-state index in [0.29, 0.717) is 6.10 Å². The van der Waals surface area contributed by atoms with Crippen LogP contribution in [0.1, 0.15) is 12.8 Å². The Bertz CT molecular complexity index is 898. The van der Waals surface area contributed by atoms with Gasteiger partial charge in [0.2, 0.25) is 0 Å². The van der Waals surface area contributed by atoms with Crippen LogP contribution in [0.3, 0.4) is 0 Å². The molecule has 0 aliphatic carbocycles. The van der Waals surface area contributed by atoms with Gasteiger partial charge in [-0.25, -0.2) is 0 Å². The van der Waals surface area contributed by atoms with E-state index in [-0.39, 0.29) is 0 Å². The predicted octanol–water partition coefficient (Wildman–Crippen LogP) is 5.57. The summed E-state index contributed by atoms with van der Waals surface area (Å²) in [5, 5.41) is 3.43. The van der Waals surface area contributed by atoms with Gasteiger partial charge in [0.15, 0.2) is 0 Å². The summed E-state index contributed by atoms with van der Waals surface area (Å²) in [5.74, 6) is 1.72. The first kappa shape index (κ1) is 17.3. The van der Waals surface area contributed by atoms with Crippen LogP contribution in [0.5, 0.6) is 5.75 Å². The summed E-state index contributed by atoms with van der Waals surface area (Å²) in [6.07, 6.45) is 2.93. The summed E-state index contributed by atoms with van der Waals surface area (Å²) in [4.78, 5) is 2.53. The van der Waals surface area contributed by atoms with Crippen LogP contribution < -0.4 is 10.1 Å². The number of para-hydroxylation sites is 1. The first-order valence-corrected chi connectivity index (χ1v) is 10.3. The van der Waals surface area contributed by atoms with Crippen LogP contribution in [-0.2, 0) is 0 Å².